The van der Waals surface area contributed by atoms with Crippen LogP contribution in [0.25, 0.3) is 0 Å². The van der Waals surface area contributed by atoms with E-state index in [1.807, 2.05) is 27.7 Å². The molecule has 4 heteroatoms. The third-order valence-corrected chi connectivity index (χ3v) is 5.63. The second-order valence-corrected chi connectivity index (χ2v) is 8.56. The molecular formula is C17H37O3P. The second kappa shape index (κ2) is 12.7. The molecule has 21 heavy (non-hydrogen) atoms. The zero-order valence-corrected chi connectivity index (χ0v) is 15.8. The third kappa shape index (κ3) is 13.5. The Balaban J connectivity index is 3.76. The molecule has 3 nitrogen and oxygen atoms in total. The van der Waals surface area contributed by atoms with Crippen LogP contribution in [0.1, 0.15) is 92.4 Å². The summed E-state index contributed by atoms with van der Waals surface area (Å²) in [7, 11) is -2.90. The highest BCUT2D eigenvalue weighted by Crippen LogP contribution is 2.51. The van der Waals surface area contributed by atoms with Crippen molar-refractivity contribution in [1.82, 2.24) is 0 Å². The van der Waals surface area contributed by atoms with Crippen molar-refractivity contribution in [1.29, 1.82) is 0 Å². The molecule has 0 aliphatic heterocycles. The van der Waals surface area contributed by atoms with Crippen LogP contribution in [-0.2, 0) is 13.6 Å². The minimum absolute atomic E-state index is 0.0480. The lowest BCUT2D eigenvalue weighted by atomic mass is 10.1. The molecule has 0 unspecified atom stereocenters. The number of hydrogen-bond donors (Lipinski definition) is 0. The molecule has 0 spiro atoms. The molecule has 128 valence electrons. The maximum atomic E-state index is 12.6. The van der Waals surface area contributed by atoms with E-state index < -0.39 is 7.60 Å². The molecule has 0 radical (unpaired) electrons. The molecule has 0 aromatic carbocycles. The average Bonchev–Trinajstić information content (AvgIpc) is 2.34. The summed E-state index contributed by atoms with van der Waals surface area (Å²) in [4.78, 5) is 0. The highest BCUT2D eigenvalue weighted by Gasteiger charge is 2.26. The zero-order chi connectivity index (χ0) is 16.1. The Hall–Kier alpha value is 0.150. The summed E-state index contributed by atoms with van der Waals surface area (Å²) < 4.78 is 23.7. The summed E-state index contributed by atoms with van der Waals surface area (Å²) >= 11 is 0. The van der Waals surface area contributed by atoms with Gasteiger partial charge < -0.3 is 9.05 Å². The molecule has 0 aliphatic rings. The van der Waals surface area contributed by atoms with Crippen LogP contribution in [0.2, 0.25) is 0 Å². The molecule has 0 rings (SSSR count). The molecule has 0 aromatic heterocycles. The lowest BCUT2D eigenvalue weighted by molar-refractivity contribution is 0.142. The maximum absolute atomic E-state index is 12.6. The van der Waals surface area contributed by atoms with Gasteiger partial charge in [0.15, 0.2) is 0 Å². The molecule has 0 atom stereocenters. The first kappa shape index (κ1) is 21.1. The first-order valence-corrected chi connectivity index (χ1v) is 10.6. The van der Waals surface area contributed by atoms with Gasteiger partial charge in [-0.3, -0.25) is 4.57 Å². The smallest absolute Gasteiger partial charge is 0.306 e. The topological polar surface area (TPSA) is 35.5 Å². The van der Waals surface area contributed by atoms with E-state index in [4.69, 9.17) is 9.05 Å². The average molecular weight is 320 g/mol. The van der Waals surface area contributed by atoms with Gasteiger partial charge in [-0.15, -0.1) is 0 Å². The first-order chi connectivity index (χ1) is 9.89. The van der Waals surface area contributed by atoms with E-state index in [0.717, 1.165) is 12.8 Å². The van der Waals surface area contributed by atoms with Gasteiger partial charge in [0.05, 0.1) is 18.4 Å². The monoisotopic (exact) mass is 320 g/mol. The van der Waals surface area contributed by atoms with Gasteiger partial charge in [-0.25, -0.2) is 0 Å². The molecule has 0 fully saturated rings. The molecule has 0 bridgehead atoms. The summed E-state index contributed by atoms with van der Waals surface area (Å²) in [6.45, 7) is 9.88. The molecule has 0 saturated heterocycles. The summed E-state index contributed by atoms with van der Waals surface area (Å²) in [5.41, 5.74) is 0. The zero-order valence-electron chi connectivity index (χ0n) is 14.9. The van der Waals surface area contributed by atoms with Gasteiger partial charge in [0.1, 0.15) is 0 Å². The van der Waals surface area contributed by atoms with Crippen LogP contribution in [0.15, 0.2) is 0 Å². The highest BCUT2D eigenvalue weighted by atomic mass is 31.2. The molecule has 0 N–H and O–H groups in total. The molecule has 0 heterocycles. The van der Waals surface area contributed by atoms with Crippen LogP contribution in [0.4, 0.5) is 0 Å². The van der Waals surface area contributed by atoms with Gasteiger partial charge in [-0.2, -0.15) is 0 Å². The Kier molecular flexibility index (Phi) is 12.8. The van der Waals surface area contributed by atoms with E-state index in [1.165, 1.54) is 44.9 Å². The van der Waals surface area contributed by atoms with Gasteiger partial charge in [0.2, 0.25) is 0 Å². The van der Waals surface area contributed by atoms with Gasteiger partial charge in [0, 0.05) is 0 Å². The lowest BCUT2D eigenvalue weighted by Gasteiger charge is -2.22. The van der Waals surface area contributed by atoms with E-state index in [2.05, 4.69) is 6.92 Å². The predicted molar refractivity (Wildman–Crippen MR) is 92.1 cm³/mol. The van der Waals surface area contributed by atoms with Crippen molar-refractivity contribution in [3.05, 3.63) is 0 Å². The van der Waals surface area contributed by atoms with Crippen molar-refractivity contribution in [2.75, 3.05) is 6.16 Å². The van der Waals surface area contributed by atoms with Crippen molar-refractivity contribution in [3.8, 4) is 0 Å². The molecule has 0 amide bonds. The highest BCUT2D eigenvalue weighted by molar-refractivity contribution is 7.53. The van der Waals surface area contributed by atoms with Crippen LogP contribution < -0.4 is 0 Å². The van der Waals surface area contributed by atoms with E-state index in [0.29, 0.717) is 6.16 Å². The van der Waals surface area contributed by atoms with E-state index >= 15 is 0 Å². The van der Waals surface area contributed by atoms with E-state index in [-0.39, 0.29) is 12.2 Å². The fourth-order valence-corrected chi connectivity index (χ4v) is 4.55. The Morgan fingerprint density at radius 1 is 0.714 bits per heavy atom. The van der Waals surface area contributed by atoms with Crippen LogP contribution in [0.5, 0.6) is 0 Å². The Morgan fingerprint density at radius 2 is 1.10 bits per heavy atom. The van der Waals surface area contributed by atoms with Crippen LogP contribution in [-0.4, -0.2) is 18.4 Å². The fourth-order valence-electron chi connectivity index (χ4n) is 2.39. The Labute approximate surface area is 132 Å². The molecule has 0 saturated carbocycles. The first-order valence-electron chi connectivity index (χ1n) is 8.85. The third-order valence-electron chi connectivity index (χ3n) is 3.28. The summed E-state index contributed by atoms with van der Waals surface area (Å²) in [6, 6.07) is 0. The van der Waals surface area contributed by atoms with Crippen molar-refractivity contribution in [2.45, 2.75) is 105 Å². The summed E-state index contributed by atoms with van der Waals surface area (Å²) in [5.74, 6) is 0. The standard InChI is InChI=1S/C17H37O3P/c1-6-7-8-9-10-11-12-13-14-15-21(18,19-16(2)3)20-17(4)5/h16-17H,6-15H2,1-5H3. The van der Waals surface area contributed by atoms with Crippen molar-refractivity contribution in [3.63, 3.8) is 0 Å². The summed E-state index contributed by atoms with van der Waals surface area (Å²) in [6.07, 6.45) is 11.8. The SMILES string of the molecule is CCCCCCCCCCCP(=O)(OC(C)C)OC(C)C. The Morgan fingerprint density at radius 3 is 1.48 bits per heavy atom. The van der Waals surface area contributed by atoms with Gasteiger partial charge in [-0.1, -0.05) is 58.3 Å². The molecular weight excluding hydrogens is 283 g/mol. The minimum Gasteiger partial charge on any atom is -0.306 e. The van der Waals surface area contributed by atoms with Gasteiger partial charge >= 0.3 is 7.60 Å². The lowest BCUT2D eigenvalue weighted by Crippen LogP contribution is -2.10. The predicted octanol–water partition coefficient (Wildman–Crippen LogP) is 6.56. The van der Waals surface area contributed by atoms with Crippen molar-refractivity contribution in [2.24, 2.45) is 0 Å². The number of hydrogen-bond acceptors (Lipinski definition) is 3. The molecule has 0 aliphatic carbocycles. The van der Waals surface area contributed by atoms with Crippen molar-refractivity contribution >= 4 is 7.60 Å². The quantitative estimate of drug-likeness (QED) is 0.268. The Bertz CT molecular complexity index is 263. The van der Waals surface area contributed by atoms with Crippen LogP contribution in [0, 0.1) is 0 Å². The van der Waals surface area contributed by atoms with E-state index in [9.17, 15) is 4.57 Å². The largest absolute Gasteiger partial charge is 0.331 e. The van der Waals surface area contributed by atoms with E-state index in [1.54, 1.807) is 0 Å². The van der Waals surface area contributed by atoms with Gasteiger partial charge in [-0.05, 0) is 34.1 Å². The minimum atomic E-state index is -2.90. The second-order valence-electron chi connectivity index (χ2n) is 6.47. The normalized spacial score (nSPS) is 12.5. The fraction of sp³-hybridized carbons (Fsp3) is 1.00. The number of rotatable bonds is 14. The van der Waals surface area contributed by atoms with Crippen molar-refractivity contribution < 1.29 is 13.6 Å². The molecule has 0 aromatic rings. The van der Waals surface area contributed by atoms with Crippen LogP contribution in [0.3, 0.4) is 0 Å². The van der Waals surface area contributed by atoms with Crippen LogP contribution >= 0.6 is 7.60 Å². The maximum Gasteiger partial charge on any atom is 0.331 e. The van der Waals surface area contributed by atoms with Gasteiger partial charge in [0.25, 0.3) is 0 Å². The summed E-state index contributed by atoms with van der Waals surface area (Å²) in [5, 5.41) is 0. The number of unbranched alkanes of at least 4 members (excludes halogenated alkanes) is 8.